The number of rotatable bonds is 4. The van der Waals surface area contributed by atoms with E-state index in [1.54, 1.807) is 0 Å². The van der Waals surface area contributed by atoms with Crippen LogP contribution in [0, 0.1) is 5.92 Å². The van der Waals surface area contributed by atoms with Crippen LogP contribution in [0.2, 0.25) is 0 Å². The second-order valence-corrected chi connectivity index (χ2v) is 3.83. The molecule has 76 valence electrons. The molecule has 1 saturated carbocycles. The van der Waals surface area contributed by atoms with Crippen LogP contribution >= 0.6 is 0 Å². The van der Waals surface area contributed by atoms with E-state index in [0.717, 1.165) is 19.3 Å². The Hall–Kier alpha value is -0.570. The number of carbonyl (C=O) groups excluding carboxylic acids is 1. The molecule has 1 amide bonds. The number of nitrogens with one attached hydrogen (secondary N) is 1. The fourth-order valence-electron chi connectivity index (χ4n) is 1.85. The molecule has 1 unspecified atom stereocenters. The largest absolute Gasteiger partial charge is 0.353 e. The molecule has 1 atom stereocenters. The number of hydrogen-bond acceptors (Lipinski definition) is 2. The SMILES string of the molecule is CCC(CN)C(=O)NC1CCCC1. The molecule has 0 radical (unpaired) electrons. The van der Waals surface area contributed by atoms with Crippen LogP contribution in [0.25, 0.3) is 0 Å². The summed E-state index contributed by atoms with van der Waals surface area (Å²) >= 11 is 0. The van der Waals surface area contributed by atoms with Crippen molar-refractivity contribution in [1.29, 1.82) is 0 Å². The molecule has 1 aliphatic carbocycles. The van der Waals surface area contributed by atoms with Crippen LogP contribution in [0.4, 0.5) is 0 Å². The van der Waals surface area contributed by atoms with Crippen LogP contribution in [0.5, 0.6) is 0 Å². The second-order valence-electron chi connectivity index (χ2n) is 3.83. The monoisotopic (exact) mass is 184 g/mol. The standard InChI is InChI=1S/C10H20N2O/c1-2-8(7-11)10(13)12-9-5-3-4-6-9/h8-9H,2-7,11H2,1H3,(H,12,13). The highest BCUT2D eigenvalue weighted by Gasteiger charge is 2.20. The second kappa shape index (κ2) is 5.22. The van der Waals surface area contributed by atoms with E-state index in [0.29, 0.717) is 12.6 Å². The summed E-state index contributed by atoms with van der Waals surface area (Å²) in [5.41, 5.74) is 5.50. The summed E-state index contributed by atoms with van der Waals surface area (Å²) in [7, 11) is 0. The maximum atomic E-state index is 11.6. The maximum Gasteiger partial charge on any atom is 0.224 e. The van der Waals surface area contributed by atoms with Gasteiger partial charge in [0, 0.05) is 18.5 Å². The fraction of sp³-hybridized carbons (Fsp3) is 0.900. The van der Waals surface area contributed by atoms with Gasteiger partial charge < -0.3 is 11.1 Å². The Kier molecular flexibility index (Phi) is 4.22. The molecular weight excluding hydrogens is 164 g/mol. The molecule has 3 heteroatoms. The van der Waals surface area contributed by atoms with E-state index in [-0.39, 0.29) is 11.8 Å². The van der Waals surface area contributed by atoms with Crippen LogP contribution < -0.4 is 11.1 Å². The summed E-state index contributed by atoms with van der Waals surface area (Å²) in [5, 5.41) is 3.06. The van der Waals surface area contributed by atoms with Gasteiger partial charge in [0.25, 0.3) is 0 Å². The third kappa shape index (κ3) is 2.99. The molecule has 0 bridgehead atoms. The van der Waals surface area contributed by atoms with Crippen LogP contribution in [-0.4, -0.2) is 18.5 Å². The van der Waals surface area contributed by atoms with Gasteiger partial charge in [-0.05, 0) is 19.3 Å². The van der Waals surface area contributed by atoms with Gasteiger partial charge in [0.2, 0.25) is 5.91 Å². The molecule has 0 aromatic heterocycles. The van der Waals surface area contributed by atoms with Crippen molar-refractivity contribution in [2.75, 3.05) is 6.54 Å². The number of carbonyl (C=O) groups is 1. The number of nitrogens with two attached hydrogens (primary N) is 1. The Bertz CT molecular complexity index is 160. The highest BCUT2D eigenvalue weighted by atomic mass is 16.1. The van der Waals surface area contributed by atoms with Gasteiger partial charge >= 0.3 is 0 Å². The van der Waals surface area contributed by atoms with Crippen LogP contribution in [0.15, 0.2) is 0 Å². The normalized spacial score (nSPS) is 20.2. The van der Waals surface area contributed by atoms with Crippen molar-refractivity contribution in [2.24, 2.45) is 11.7 Å². The third-order valence-electron chi connectivity index (χ3n) is 2.85. The maximum absolute atomic E-state index is 11.6. The average Bonchev–Trinajstić information content (AvgIpc) is 2.59. The van der Waals surface area contributed by atoms with Crippen LogP contribution in [0.3, 0.4) is 0 Å². The first-order chi connectivity index (χ1) is 6.27. The van der Waals surface area contributed by atoms with E-state index in [1.165, 1.54) is 12.8 Å². The van der Waals surface area contributed by atoms with Crippen molar-refractivity contribution in [3.63, 3.8) is 0 Å². The Morgan fingerprint density at radius 2 is 2.15 bits per heavy atom. The fourth-order valence-corrected chi connectivity index (χ4v) is 1.85. The molecule has 1 aliphatic rings. The minimum absolute atomic E-state index is 0.0144. The Morgan fingerprint density at radius 1 is 1.54 bits per heavy atom. The summed E-state index contributed by atoms with van der Waals surface area (Å²) in [6, 6.07) is 0.424. The van der Waals surface area contributed by atoms with Gasteiger partial charge in [-0.25, -0.2) is 0 Å². The molecule has 0 spiro atoms. The van der Waals surface area contributed by atoms with Crippen molar-refractivity contribution in [2.45, 2.75) is 45.1 Å². The first-order valence-electron chi connectivity index (χ1n) is 5.28. The highest BCUT2D eigenvalue weighted by molar-refractivity contribution is 5.79. The lowest BCUT2D eigenvalue weighted by Crippen LogP contribution is -2.39. The predicted molar refractivity (Wildman–Crippen MR) is 53.2 cm³/mol. The van der Waals surface area contributed by atoms with Crippen LogP contribution in [0.1, 0.15) is 39.0 Å². The van der Waals surface area contributed by atoms with Gasteiger partial charge in [0.05, 0.1) is 0 Å². The van der Waals surface area contributed by atoms with Crippen molar-refractivity contribution in [3.05, 3.63) is 0 Å². The smallest absolute Gasteiger partial charge is 0.224 e. The zero-order chi connectivity index (χ0) is 9.68. The molecule has 0 heterocycles. The molecule has 1 rings (SSSR count). The molecule has 3 nitrogen and oxygen atoms in total. The lowest BCUT2D eigenvalue weighted by molar-refractivity contribution is -0.125. The molecule has 0 aromatic rings. The first-order valence-corrected chi connectivity index (χ1v) is 5.28. The summed E-state index contributed by atoms with van der Waals surface area (Å²) in [6.07, 6.45) is 5.64. The summed E-state index contributed by atoms with van der Waals surface area (Å²) in [4.78, 5) is 11.6. The van der Waals surface area contributed by atoms with E-state index in [2.05, 4.69) is 5.32 Å². The minimum atomic E-state index is 0.0144. The van der Waals surface area contributed by atoms with E-state index in [9.17, 15) is 4.79 Å². The third-order valence-corrected chi connectivity index (χ3v) is 2.85. The topological polar surface area (TPSA) is 55.1 Å². The summed E-state index contributed by atoms with van der Waals surface area (Å²) in [5.74, 6) is 0.164. The van der Waals surface area contributed by atoms with Gasteiger partial charge in [-0.2, -0.15) is 0 Å². The molecule has 0 aliphatic heterocycles. The first kappa shape index (κ1) is 10.5. The summed E-state index contributed by atoms with van der Waals surface area (Å²) in [6.45, 7) is 2.47. The van der Waals surface area contributed by atoms with E-state index in [1.807, 2.05) is 6.92 Å². The molecule has 0 saturated heterocycles. The Balaban J connectivity index is 2.29. The van der Waals surface area contributed by atoms with Gasteiger partial charge in [0.1, 0.15) is 0 Å². The lowest BCUT2D eigenvalue weighted by atomic mass is 10.1. The molecule has 13 heavy (non-hydrogen) atoms. The Morgan fingerprint density at radius 3 is 2.62 bits per heavy atom. The molecule has 1 fully saturated rings. The van der Waals surface area contributed by atoms with Gasteiger partial charge in [-0.15, -0.1) is 0 Å². The van der Waals surface area contributed by atoms with E-state index < -0.39 is 0 Å². The van der Waals surface area contributed by atoms with E-state index >= 15 is 0 Å². The van der Waals surface area contributed by atoms with Crippen molar-refractivity contribution in [3.8, 4) is 0 Å². The van der Waals surface area contributed by atoms with Crippen molar-refractivity contribution >= 4 is 5.91 Å². The van der Waals surface area contributed by atoms with Gasteiger partial charge in [-0.3, -0.25) is 4.79 Å². The van der Waals surface area contributed by atoms with Crippen molar-refractivity contribution < 1.29 is 4.79 Å². The molecule has 0 aromatic carbocycles. The highest BCUT2D eigenvalue weighted by Crippen LogP contribution is 2.18. The van der Waals surface area contributed by atoms with Crippen molar-refractivity contribution in [1.82, 2.24) is 5.32 Å². The quantitative estimate of drug-likeness (QED) is 0.685. The lowest BCUT2D eigenvalue weighted by Gasteiger charge is -2.16. The summed E-state index contributed by atoms with van der Waals surface area (Å²) < 4.78 is 0. The zero-order valence-corrected chi connectivity index (χ0v) is 8.38. The zero-order valence-electron chi connectivity index (χ0n) is 8.38. The van der Waals surface area contributed by atoms with E-state index in [4.69, 9.17) is 5.73 Å². The van der Waals surface area contributed by atoms with Gasteiger partial charge in [-0.1, -0.05) is 19.8 Å². The van der Waals surface area contributed by atoms with Crippen LogP contribution in [-0.2, 0) is 4.79 Å². The minimum Gasteiger partial charge on any atom is -0.353 e. The average molecular weight is 184 g/mol. The molecule has 3 N–H and O–H groups in total. The molecular formula is C10H20N2O. The predicted octanol–water partition coefficient (Wildman–Crippen LogP) is 1.03. The van der Waals surface area contributed by atoms with Gasteiger partial charge in [0.15, 0.2) is 0 Å². The Labute approximate surface area is 80.1 Å². The number of hydrogen-bond donors (Lipinski definition) is 2. The number of amides is 1.